The van der Waals surface area contributed by atoms with E-state index in [-0.39, 0.29) is 11.8 Å². The van der Waals surface area contributed by atoms with Gasteiger partial charge in [0.25, 0.3) is 0 Å². The second-order valence-corrected chi connectivity index (χ2v) is 7.05. The number of hydrogen-bond acceptors (Lipinski definition) is 3. The van der Waals surface area contributed by atoms with E-state index in [1.807, 2.05) is 29.1 Å². The lowest BCUT2D eigenvalue weighted by Gasteiger charge is -2.24. The van der Waals surface area contributed by atoms with Crippen LogP contribution in [0.2, 0.25) is 0 Å². The number of hydrogen-bond donors (Lipinski definition) is 1. The molecule has 0 aliphatic carbocycles. The van der Waals surface area contributed by atoms with Crippen LogP contribution < -0.4 is 5.32 Å². The fraction of sp³-hybridized carbons (Fsp3) is 0.200. The fourth-order valence-corrected chi connectivity index (χ4v) is 3.69. The molecule has 2 heterocycles. The second kappa shape index (κ2) is 6.76. The number of amides is 1. The summed E-state index contributed by atoms with van der Waals surface area (Å²) in [6.07, 6.45) is 4.42. The topological polar surface area (TPSA) is 46.9 Å². The van der Waals surface area contributed by atoms with Gasteiger partial charge in [0.15, 0.2) is 0 Å². The maximum Gasteiger partial charge on any atom is 0.226 e. The summed E-state index contributed by atoms with van der Waals surface area (Å²) in [7, 11) is 0. The molecule has 1 amide bonds. The first kappa shape index (κ1) is 16.0. The molecule has 0 radical (unpaired) electrons. The van der Waals surface area contributed by atoms with E-state index in [9.17, 15) is 4.79 Å². The lowest BCUT2D eigenvalue weighted by molar-refractivity contribution is -0.116. The fourth-order valence-electron chi connectivity index (χ4n) is 3.28. The highest BCUT2D eigenvalue weighted by atomic mass is 32.2. The summed E-state index contributed by atoms with van der Waals surface area (Å²) in [5, 5.41) is 7.54. The van der Waals surface area contributed by atoms with Crippen molar-refractivity contribution in [1.29, 1.82) is 0 Å². The highest BCUT2D eigenvalue weighted by Gasteiger charge is 2.29. The van der Waals surface area contributed by atoms with Gasteiger partial charge in [-0.2, -0.15) is 5.10 Å². The average Bonchev–Trinajstić information content (AvgIpc) is 3.04. The SMILES string of the molecule is CSc1ccc([C@H]2CC(=O)Nc3c2cnn3Cc2ccccc2)cc1. The minimum absolute atomic E-state index is 0.0428. The molecule has 3 aromatic rings. The molecule has 0 unspecified atom stereocenters. The van der Waals surface area contributed by atoms with Crippen LogP contribution in [0.25, 0.3) is 0 Å². The Kier molecular flexibility index (Phi) is 4.32. The molecule has 5 heteroatoms. The van der Waals surface area contributed by atoms with Gasteiger partial charge in [-0.15, -0.1) is 11.8 Å². The van der Waals surface area contributed by atoms with Crippen LogP contribution >= 0.6 is 11.8 Å². The molecule has 0 saturated carbocycles. The molecule has 0 saturated heterocycles. The third-order valence-electron chi connectivity index (χ3n) is 4.58. The van der Waals surface area contributed by atoms with Crippen molar-refractivity contribution in [3.8, 4) is 0 Å². The van der Waals surface area contributed by atoms with Crippen LogP contribution in [0.3, 0.4) is 0 Å². The molecule has 1 N–H and O–H groups in total. The van der Waals surface area contributed by atoms with Crippen LogP contribution in [0.5, 0.6) is 0 Å². The van der Waals surface area contributed by atoms with Crippen LogP contribution in [-0.2, 0) is 11.3 Å². The summed E-state index contributed by atoms with van der Waals surface area (Å²) in [5.41, 5.74) is 3.41. The number of aromatic nitrogens is 2. The number of carbonyl (C=O) groups excluding carboxylic acids is 1. The highest BCUT2D eigenvalue weighted by Crippen LogP contribution is 2.37. The maximum atomic E-state index is 12.3. The number of benzene rings is 2. The smallest absolute Gasteiger partial charge is 0.226 e. The quantitative estimate of drug-likeness (QED) is 0.721. The summed E-state index contributed by atoms with van der Waals surface area (Å²) < 4.78 is 1.88. The first-order valence-corrected chi connectivity index (χ1v) is 9.50. The number of fused-ring (bicyclic) bond motifs is 1. The molecule has 0 bridgehead atoms. The van der Waals surface area contributed by atoms with Gasteiger partial charge in [0.1, 0.15) is 5.82 Å². The number of thioether (sulfide) groups is 1. The number of rotatable bonds is 4. The van der Waals surface area contributed by atoms with E-state index in [2.05, 4.69) is 53.1 Å². The van der Waals surface area contributed by atoms with E-state index in [0.717, 1.165) is 22.5 Å². The average molecular weight is 349 g/mol. The molecule has 1 aliphatic heterocycles. The summed E-state index contributed by atoms with van der Waals surface area (Å²) >= 11 is 1.72. The minimum Gasteiger partial charge on any atom is -0.311 e. The zero-order chi connectivity index (χ0) is 17.2. The van der Waals surface area contributed by atoms with Gasteiger partial charge >= 0.3 is 0 Å². The molecule has 0 fully saturated rings. The Hall–Kier alpha value is -2.53. The highest BCUT2D eigenvalue weighted by molar-refractivity contribution is 7.98. The van der Waals surface area contributed by atoms with Gasteiger partial charge in [-0.25, -0.2) is 4.68 Å². The molecular formula is C20H19N3OS. The summed E-state index contributed by atoms with van der Waals surface area (Å²) in [5.74, 6) is 0.921. The molecule has 1 aliphatic rings. The van der Waals surface area contributed by atoms with E-state index in [1.165, 1.54) is 4.90 Å². The second-order valence-electron chi connectivity index (χ2n) is 6.17. The van der Waals surface area contributed by atoms with Crippen molar-refractivity contribution in [3.05, 3.63) is 77.5 Å². The molecule has 126 valence electrons. The zero-order valence-electron chi connectivity index (χ0n) is 14.0. The Morgan fingerprint density at radius 2 is 1.92 bits per heavy atom. The van der Waals surface area contributed by atoms with Gasteiger partial charge in [-0.05, 0) is 29.5 Å². The van der Waals surface area contributed by atoms with Crippen molar-refractivity contribution in [2.24, 2.45) is 0 Å². The van der Waals surface area contributed by atoms with Crippen LogP contribution in [-0.4, -0.2) is 21.9 Å². The first-order valence-electron chi connectivity index (χ1n) is 8.28. The van der Waals surface area contributed by atoms with Crippen LogP contribution in [0, 0.1) is 0 Å². The minimum atomic E-state index is 0.0428. The van der Waals surface area contributed by atoms with Crippen LogP contribution in [0.15, 0.2) is 65.7 Å². The van der Waals surface area contributed by atoms with E-state index in [0.29, 0.717) is 13.0 Å². The Bertz CT molecular complexity index is 887. The Morgan fingerprint density at radius 1 is 1.16 bits per heavy atom. The van der Waals surface area contributed by atoms with Gasteiger partial charge in [0.2, 0.25) is 5.91 Å². The third-order valence-corrected chi connectivity index (χ3v) is 5.33. The zero-order valence-corrected chi connectivity index (χ0v) is 14.8. The molecule has 0 spiro atoms. The molecular weight excluding hydrogens is 330 g/mol. The van der Waals surface area contributed by atoms with Crippen molar-refractivity contribution in [2.45, 2.75) is 23.8 Å². The van der Waals surface area contributed by atoms with E-state index >= 15 is 0 Å². The van der Waals surface area contributed by atoms with E-state index in [4.69, 9.17) is 0 Å². The van der Waals surface area contributed by atoms with Crippen LogP contribution in [0.1, 0.15) is 29.0 Å². The van der Waals surface area contributed by atoms with Crippen LogP contribution in [0.4, 0.5) is 5.82 Å². The normalized spacial score (nSPS) is 16.4. The predicted molar refractivity (Wildman–Crippen MR) is 101 cm³/mol. The van der Waals surface area contributed by atoms with E-state index < -0.39 is 0 Å². The molecule has 4 nitrogen and oxygen atoms in total. The number of carbonyl (C=O) groups is 1. The van der Waals surface area contributed by atoms with Gasteiger partial charge in [-0.1, -0.05) is 42.5 Å². The molecule has 1 aromatic heterocycles. The van der Waals surface area contributed by atoms with Gasteiger partial charge in [0.05, 0.1) is 12.7 Å². The molecule has 25 heavy (non-hydrogen) atoms. The van der Waals surface area contributed by atoms with Gasteiger partial charge in [-0.3, -0.25) is 4.79 Å². The van der Waals surface area contributed by atoms with Crippen molar-refractivity contribution in [3.63, 3.8) is 0 Å². The Labute approximate surface area is 151 Å². The van der Waals surface area contributed by atoms with Crippen molar-refractivity contribution in [2.75, 3.05) is 11.6 Å². The number of anilines is 1. The first-order chi connectivity index (χ1) is 12.2. The van der Waals surface area contributed by atoms with Gasteiger partial charge in [0, 0.05) is 22.8 Å². The monoisotopic (exact) mass is 349 g/mol. The third kappa shape index (κ3) is 3.20. The molecule has 1 atom stereocenters. The lowest BCUT2D eigenvalue weighted by Crippen LogP contribution is -2.25. The van der Waals surface area contributed by atoms with Gasteiger partial charge < -0.3 is 5.32 Å². The lowest BCUT2D eigenvalue weighted by atomic mass is 9.87. The molecule has 2 aromatic carbocycles. The predicted octanol–water partition coefficient (Wildman–Crippen LogP) is 4.13. The summed E-state index contributed by atoms with van der Waals surface area (Å²) in [6, 6.07) is 18.6. The summed E-state index contributed by atoms with van der Waals surface area (Å²) in [4.78, 5) is 13.5. The van der Waals surface area contributed by atoms with E-state index in [1.54, 1.807) is 11.8 Å². The van der Waals surface area contributed by atoms with Crippen molar-refractivity contribution in [1.82, 2.24) is 9.78 Å². The molecule has 4 rings (SSSR count). The number of nitrogens with zero attached hydrogens (tertiary/aromatic N) is 2. The summed E-state index contributed by atoms with van der Waals surface area (Å²) in [6.45, 7) is 0.647. The van der Waals surface area contributed by atoms with Crippen molar-refractivity contribution >= 4 is 23.5 Å². The number of nitrogens with one attached hydrogen (secondary N) is 1. The Balaban J connectivity index is 1.68. The maximum absolute atomic E-state index is 12.3. The van der Waals surface area contributed by atoms with Crippen molar-refractivity contribution < 1.29 is 4.79 Å². The Morgan fingerprint density at radius 3 is 2.64 bits per heavy atom. The standard InChI is InChI=1S/C20H19N3OS/c1-25-16-9-7-15(8-10-16)17-11-19(24)22-20-18(17)12-21-23(20)13-14-5-3-2-4-6-14/h2-10,12,17H,11,13H2,1H3,(H,22,24)/t17-/m1/s1. The largest absolute Gasteiger partial charge is 0.311 e.